The molecule has 0 bridgehead atoms. The van der Waals surface area contributed by atoms with E-state index in [0.717, 1.165) is 0 Å². The molecule has 0 aliphatic heterocycles. The second-order valence-electron chi connectivity index (χ2n) is 5.37. The van der Waals surface area contributed by atoms with E-state index in [2.05, 4.69) is 5.32 Å². The van der Waals surface area contributed by atoms with Crippen LogP contribution in [0.5, 0.6) is 0 Å². The molecule has 0 aliphatic rings. The normalized spacial score (nSPS) is 14.9. The summed E-state index contributed by atoms with van der Waals surface area (Å²) in [6.45, 7) is 9.60. The minimum Gasteiger partial charge on any atom is -0.379 e. The summed E-state index contributed by atoms with van der Waals surface area (Å²) >= 11 is 6.01. The quantitative estimate of drug-likeness (QED) is 0.760. The topological polar surface area (TPSA) is 38.3 Å². The van der Waals surface area contributed by atoms with Crippen molar-refractivity contribution in [1.29, 1.82) is 0 Å². The molecule has 0 aromatic carbocycles. The number of halogens is 1. The van der Waals surface area contributed by atoms with Gasteiger partial charge in [-0.25, -0.2) is 0 Å². The molecule has 4 heteroatoms. The summed E-state index contributed by atoms with van der Waals surface area (Å²) < 4.78 is 5.22. The second-order valence-corrected chi connectivity index (χ2v) is 5.90. The zero-order chi connectivity index (χ0) is 12.3. The maximum absolute atomic E-state index is 11.7. The van der Waals surface area contributed by atoms with Crippen molar-refractivity contribution in [2.24, 2.45) is 0 Å². The molecule has 0 aliphatic carbocycles. The molecule has 0 radical (unpaired) electrons. The van der Waals surface area contributed by atoms with Crippen LogP contribution < -0.4 is 5.32 Å². The second kappa shape index (κ2) is 5.17. The van der Waals surface area contributed by atoms with Gasteiger partial charge in [-0.2, -0.15) is 0 Å². The van der Waals surface area contributed by atoms with Gasteiger partial charge in [0, 0.05) is 19.1 Å². The van der Waals surface area contributed by atoms with E-state index in [0.29, 0.717) is 6.42 Å². The summed E-state index contributed by atoms with van der Waals surface area (Å²) in [4.78, 5) is 11.7. The van der Waals surface area contributed by atoms with Gasteiger partial charge in [0.25, 0.3) is 0 Å². The van der Waals surface area contributed by atoms with Gasteiger partial charge in [-0.3, -0.25) is 4.79 Å². The van der Waals surface area contributed by atoms with Crippen LogP contribution in [0.1, 0.15) is 41.0 Å². The molecular formula is C11H22ClNO2. The molecule has 0 aromatic heterocycles. The van der Waals surface area contributed by atoms with Crippen molar-refractivity contribution < 1.29 is 9.53 Å². The van der Waals surface area contributed by atoms with E-state index in [9.17, 15) is 4.79 Å². The molecule has 1 atom stereocenters. The third-order valence-electron chi connectivity index (χ3n) is 2.01. The van der Waals surface area contributed by atoms with Crippen LogP contribution >= 0.6 is 11.6 Å². The van der Waals surface area contributed by atoms with Gasteiger partial charge in [-0.05, 0) is 34.6 Å². The molecular weight excluding hydrogens is 214 g/mol. The summed E-state index contributed by atoms with van der Waals surface area (Å²) in [5.41, 5.74) is -0.622. The molecule has 1 N–H and O–H groups in total. The van der Waals surface area contributed by atoms with Gasteiger partial charge in [0.05, 0.1) is 5.60 Å². The number of amides is 1. The monoisotopic (exact) mass is 235 g/mol. The lowest BCUT2D eigenvalue weighted by Gasteiger charge is -2.27. The van der Waals surface area contributed by atoms with Crippen molar-refractivity contribution in [2.45, 2.75) is 57.6 Å². The number of hydrogen-bond acceptors (Lipinski definition) is 2. The maximum atomic E-state index is 11.7. The number of rotatable bonds is 4. The fourth-order valence-electron chi connectivity index (χ4n) is 1.06. The van der Waals surface area contributed by atoms with Crippen molar-refractivity contribution in [3.05, 3.63) is 0 Å². The Morgan fingerprint density at radius 3 is 2.13 bits per heavy atom. The van der Waals surface area contributed by atoms with Crippen LogP contribution in [0, 0.1) is 0 Å². The summed E-state index contributed by atoms with van der Waals surface area (Å²) in [6, 6.07) is 0. The van der Waals surface area contributed by atoms with Crippen LogP contribution in [0.25, 0.3) is 0 Å². The highest BCUT2D eigenvalue weighted by Crippen LogP contribution is 2.19. The number of methoxy groups -OCH3 is 1. The van der Waals surface area contributed by atoms with Crippen molar-refractivity contribution in [3.63, 3.8) is 0 Å². The lowest BCUT2D eigenvalue weighted by atomic mass is 10.0. The van der Waals surface area contributed by atoms with E-state index in [1.165, 1.54) is 0 Å². The van der Waals surface area contributed by atoms with E-state index in [1.54, 1.807) is 7.11 Å². The lowest BCUT2D eigenvalue weighted by molar-refractivity contribution is -0.123. The number of hydrogen-bond donors (Lipinski definition) is 1. The fraction of sp³-hybridized carbons (Fsp3) is 0.909. The molecule has 0 saturated carbocycles. The third-order valence-corrected chi connectivity index (χ3v) is 2.36. The van der Waals surface area contributed by atoms with Crippen molar-refractivity contribution in [2.75, 3.05) is 7.11 Å². The molecule has 3 nitrogen and oxygen atoms in total. The lowest BCUT2D eigenvalue weighted by Crippen LogP contribution is -2.46. The van der Waals surface area contributed by atoms with Crippen LogP contribution in [0.4, 0.5) is 0 Å². The molecule has 0 heterocycles. The summed E-state index contributed by atoms with van der Waals surface area (Å²) in [5.74, 6) is -0.144. The highest BCUT2D eigenvalue weighted by atomic mass is 35.5. The van der Waals surface area contributed by atoms with E-state index >= 15 is 0 Å². The highest BCUT2D eigenvalue weighted by molar-refractivity contribution is 6.30. The Morgan fingerprint density at radius 1 is 1.33 bits per heavy atom. The molecule has 90 valence electrons. The van der Waals surface area contributed by atoms with Gasteiger partial charge in [0.15, 0.2) is 0 Å². The van der Waals surface area contributed by atoms with E-state index in [-0.39, 0.29) is 17.0 Å². The SMILES string of the molecule is COC(C)(C)CC(Cl)C(=O)NC(C)(C)C. The summed E-state index contributed by atoms with van der Waals surface area (Å²) in [6.07, 6.45) is 0.493. The van der Waals surface area contributed by atoms with Crippen molar-refractivity contribution in [3.8, 4) is 0 Å². The first-order valence-corrected chi connectivity index (χ1v) is 5.52. The Bertz CT molecular complexity index is 221. The Hall–Kier alpha value is -0.280. The largest absolute Gasteiger partial charge is 0.379 e. The van der Waals surface area contributed by atoms with Crippen LogP contribution in [0.2, 0.25) is 0 Å². The van der Waals surface area contributed by atoms with Crippen LogP contribution in [-0.2, 0) is 9.53 Å². The smallest absolute Gasteiger partial charge is 0.238 e. The molecule has 0 saturated heterocycles. The first kappa shape index (κ1) is 14.7. The van der Waals surface area contributed by atoms with Gasteiger partial charge in [0.1, 0.15) is 5.38 Å². The Labute approximate surface area is 97.5 Å². The van der Waals surface area contributed by atoms with Crippen LogP contribution in [0.3, 0.4) is 0 Å². The van der Waals surface area contributed by atoms with Gasteiger partial charge >= 0.3 is 0 Å². The number of carbonyl (C=O) groups excluding carboxylic acids is 1. The Morgan fingerprint density at radius 2 is 1.80 bits per heavy atom. The number of carbonyl (C=O) groups is 1. The molecule has 1 unspecified atom stereocenters. The first-order valence-electron chi connectivity index (χ1n) is 5.09. The van der Waals surface area contributed by atoms with Gasteiger partial charge < -0.3 is 10.1 Å². The number of ether oxygens (including phenoxy) is 1. The van der Waals surface area contributed by atoms with Crippen LogP contribution in [0.15, 0.2) is 0 Å². The Balaban J connectivity index is 4.23. The first-order chi connectivity index (χ1) is 6.57. The average Bonchev–Trinajstić information content (AvgIpc) is 2.00. The number of nitrogens with one attached hydrogen (secondary N) is 1. The minimum atomic E-state index is -0.556. The minimum absolute atomic E-state index is 0.144. The Kier molecular flexibility index (Phi) is 5.07. The molecule has 15 heavy (non-hydrogen) atoms. The molecule has 1 amide bonds. The van der Waals surface area contributed by atoms with Gasteiger partial charge in [0.2, 0.25) is 5.91 Å². The van der Waals surface area contributed by atoms with E-state index in [1.807, 2.05) is 34.6 Å². The predicted molar refractivity (Wildman–Crippen MR) is 63.2 cm³/mol. The van der Waals surface area contributed by atoms with Gasteiger partial charge in [-0.15, -0.1) is 11.6 Å². The standard InChI is InChI=1S/C11H22ClNO2/c1-10(2,3)13-9(14)8(12)7-11(4,5)15-6/h8H,7H2,1-6H3,(H,13,14). The number of alkyl halides is 1. The average molecular weight is 236 g/mol. The van der Waals surface area contributed by atoms with Gasteiger partial charge in [-0.1, -0.05) is 0 Å². The fourth-order valence-corrected chi connectivity index (χ4v) is 1.48. The summed E-state index contributed by atoms with van der Waals surface area (Å²) in [7, 11) is 1.62. The van der Waals surface area contributed by atoms with E-state index in [4.69, 9.17) is 16.3 Å². The van der Waals surface area contributed by atoms with Crippen LogP contribution in [-0.4, -0.2) is 29.5 Å². The highest BCUT2D eigenvalue weighted by Gasteiger charge is 2.27. The van der Waals surface area contributed by atoms with Crippen molar-refractivity contribution >= 4 is 17.5 Å². The molecule has 0 spiro atoms. The molecule has 0 fully saturated rings. The van der Waals surface area contributed by atoms with Crippen molar-refractivity contribution in [1.82, 2.24) is 5.32 Å². The molecule has 0 aromatic rings. The summed E-state index contributed by atoms with van der Waals surface area (Å²) in [5, 5.41) is 2.28. The predicted octanol–water partition coefficient (Wildman–Crippen LogP) is 2.32. The maximum Gasteiger partial charge on any atom is 0.238 e. The molecule has 0 rings (SSSR count). The zero-order valence-electron chi connectivity index (χ0n) is 10.5. The third kappa shape index (κ3) is 6.74. The zero-order valence-corrected chi connectivity index (χ0v) is 11.2. The van der Waals surface area contributed by atoms with E-state index < -0.39 is 5.38 Å².